The Hall–Kier alpha value is -1.10. The van der Waals surface area contributed by atoms with Gasteiger partial charge in [-0.1, -0.05) is 29.3 Å². The number of hydrogen-bond acceptors (Lipinski definition) is 3. The highest BCUT2D eigenvalue weighted by molar-refractivity contribution is 7.10. The van der Waals surface area contributed by atoms with Gasteiger partial charge in [0.2, 0.25) is 0 Å². The number of carbonyl (C=O) groups is 1. The lowest BCUT2D eigenvalue weighted by molar-refractivity contribution is -0.136. The van der Waals surface area contributed by atoms with Crippen LogP contribution in [0.5, 0.6) is 0 Å². The third-order valence-electron chi connectivity index (χ3n) is 2.07. The molecule has 17 heavy (non-hydrogen) atoms. The second-order valence-corrected chi connectivity index (χ2v) is 5.08. The van der Waals surface area contributed by atoms with Gasteiger partial charge < -0.3 is 5.11 Å². The Bertz CT molecular complexity index is 568. The minimum absolute atomic E-state index is 0.0635. The molecule has 88 valence electrons. The van der Waals surface area contributed by atoms with Crippen molar-refractivity contribution < 1.29 is 9.90 Å². The van der Waals surface area contributed by atoms with E-state index in [9.17, 15) is 4.79 Å². The zero-order chi connectivity index (χ0) is 12.4. The molecular formula is C11H7Cl2NO2S. The van der Waals surface area contributed by atoms with Crippen LogP contribution >= 0.6 is 34.5 Å². The largest absolute Gasteiger partial charge is 0.481 e. The monoisotopic (exact) mass is 287 g/mol. The summed E-state index contributed by atoms with van der Waals surface area (Å²) in [6, 6.07) is 5.20. The van der Waals surface area contributed by atoms with Crippen LogP contribution in [0.1, 0.15) is 5.01 Å². The summed E-state index contributed by atoms with van der Waals surface area (Å²) in [5, 5.41) is 12.0. The van der Waals surface area contributed by atoms with Gasteiger partial charge in [0.1, 0.15) is 5.01 Å². The van der Waals surface area contributed by atoms with Crippen molar-refractivity contribution in [3.05, 3.63) is 38.6 Å². The Kier molecular flexibility index (Phi) is 3.66. The van der Waals surface area contributed by atoms with Crippen molar-refractivity contribution in [1.82, 2.24) is 4.98 Å². The maximum atomic E-state index is 10.5. The van der Waals surface area contributed by atoms with Gasteiger partial charge in [-0.2, -0.15) is 0 Å². The molecule has 0 bridgehead atoms. The quantitative estimate of drug-likeness (QED) is 0.935. The molecule has 0 amide bonds. The molecule has 0 aliphatic heterocycles. The first-order valence-corrected chi connectivity index (χ1v) is 6.31. The van der Waals surface area contributed by atoms with Crippen LogP contribution in [-0.4, -0.2) is 16.1 Å². The van der Waals surface area contributed by atoms with Crippen LogP contribution in [-0.2, 0) is 11.2 Å². The van der Waals surface area contributed by atoms with Gasteiger partial charge in [-0.3, -0.25) is 4.79 Å². The number of carboxylic acid groups (broad SMARTS) is 1. The third-order valence-corrected chi connectivity index (χ3v) is 3.66. The number of thiazole rings is 1. The number of aliphatic carboxylic acids is 1. The predicted molar refractivity (Wildman–Crippen MR) is 68.9 cm³/mol. The Morgan fingerprint density at radius 1 is 1.35 bits per heavy atom. The molecule has 0 saturated heterocycles. The molecule has 0 saturated carbocycles. The molecule has 2 rings (SSSR count). The number of benzene rings is 1. The van der Waals surface area contributed by atoms with E-state index in [0.29, 0.717) is 20.7 Å². The van der Waals surface area contributed by atoms with Crippen molar-refractivity contribution in [2.24, 2.45) is 0 Å². The molecule has 0 aliphatic rings. The van der Waals surface area contributed by atoms with Gasteiger partial charge in [0.05, 0.1) is 22.2 Å². The standard InChI is InChI=1S/C11H7Cl2NO2S/c12-7-2-1-6(3-8(7)13)9-5-17-10(14-9)4-11(15)16/h1-3,5H,4H2,(H,15,16). The minimum Gasteiger partial charge on any atom is -0.481 e. The lowest BCUT2D eigenvalue weighted by Gasteiger charge is -1.99. The number of aromatic nitrogens is 1. The van der Waals surface area contributed by atoms with Crippen LogP contribution in [0.15, 0.2) is 23.6 Å². The SMILES string of the molecule is O=C(O)Cc1nc(-c2ccc(Cl)c(Cl)c2)cs1. The summed E-state index contributed by atoms with van der Waals surface area (Å²) in [7, 11) is 0. The van der Waals surface area contributed by atoms with E-state index in [-0.39, 0.29) is 6.42 Å². The highest BCUT2D eigenvalue weighted by Crippen LogP contribution is 2.29. The van der Waals surface area contributed by atoms with Crippen LogP contribution in [0.4, 0.5) is 0 Å². The summed E-state index contributed by atoms with van der Waals surface area (Å²) in [4.78, 5) is 14.8. The van der Waals surface area contributed by atoms with Crippen LogP contribution < -0.4 is 0 Å². The molecule has 0 radical (unpaired) electrons. The van der Waals surface area contributed by atoms with E-state index in [1.165, 1.54) is 11.3 Å². The fraction of sp³-hybridized carbons (Fsp3) is 0.0909. The first-order chi connectivity index (χ1) is 8.06. The van der Waals surface area contributed by atoms with Gasteiger partial charge in [0, 0.05) is 10.9 Å². The molecular weight excluding hydrogens is 281 g/mol. The number of halogens is 2. The number of nitrogens with zero attached hydrogens (tertiary/aromatic N) is 1. The van der Waals surface area contributed by atoms with E-state index in [0.717, 1.165) is 5.56 Å². The summed E-state index contributed by atoms with van der Waals surface area (Å²) in [6.45, 7) is 0. The highest BCUT2D eigenvalue weighted by Gasteiger charge is 2.09. The van der Waals surface area contributed by atoms with Crippen molar-refractivity contribution in [3.63, 3.8) is 0 Å². The Morgan fingerprint density at radius 2 is 2.12 bits per heavy atom. The fourth-order valence-corrected chi connectivity index (χ4v) is 2.40. The molecule has 1 N–H and O–H groups in total. The lowest BCUT2D eigenvalue weighted by atomic mass is 10.2. The lowest BCUT2D eigenvalue weighted by Crippen LogP contribution is -1.99. The number of carboxylic acids is 1. The number of rotatable bonds is 3. The molecule has 0 spiro atoms. The highest BCUT2D eigenvalue weighted by atomic mass is 35.5. The summed E-state index contributed by atoms with van der Waals surface area (Å²) in [5.41, 5.74) is 1.54. The number of hydrogen-bond donors (Lipinski definition) is 1. The summed E-state index contributed by atoms with van der Waals surface area (Å²) >= 11 is 13.0. The van der Waals surface area contributed by atoms with Gasteiger partial charge in [-0.15, -0.1) is 11.3 Å². The first-order valence-electron chi connectivity index (χ1n) is 4.68. The normalized spacial score (nSPS) is 10.5. The Balaban J connectivity index is 2.30. The molecule has 1 aromatic heterocycles. The minimum atomic E-state index is -0.889. The predicted octanol–water partition coefficient (Wildman–Crippen LogP) is 3.74. The van der Waals surface area contributed by atoms with E-state index in [1.807, 2.05) is 0 Å². The average molecular weight is 288 g/mol. The van der Waals surface area contributed by atoms with Gasteiger partial charge in [-0.25, -0.2) is 4.98 Å². The van der Waals surface area contributed by atoms with Crippen molar-refractivity contribution in [2.45, 2.75) is 6.42 Å². The maximum Gasteiger partial charge on any atom is 0.310 e. The molecule has 1 aromatic carbocycles. The molecule has 6 heteroatoms. The topological polar surface area (TPSA) is 50.2 Å². The van der Waals surface area contributed by atoms with Crippen LogP contribution in [0.25, 0.3) is 11.3 Å². The van der Waals surface area contributed by atoms with Gasteiger partial charge in [0.25, 0.3) is 0 Å². The smallest absolute Gasteiger partial charge is 0.310 e. The fourth-order valence-electron chi connectivity index (χ4n) is 1.31. The van der Waals surface area contributed by atoms with Crippen molar-refractivity contribution in [3.8, 4) is 11.3 Å². The summed E-state index contributed by atoms with van der Waals surface area (Å²) < 4.78 is 0. The Morgan fingerprint density at radius 3 is 2.76 bits per heavy atom. The van der Waals surface area contributed by atoms with Gasteiger partial charge >= 0.3 is 5.97 Å². The van der Waals surface area contributed by atoms with E-state index in [1.54, 1.807) is 23.6 Å². The van der Waals surface area contributed by atoms with E-state index in [2.05, 4.69) is 4.98 Å². The Labute approximate surface area is 112 Å². The molecule has 0 aliphatic carbocycles. The van der Waals surface area contributed by atoms with Crippen LogP contribution in [0.3, 0.4) is 0 Å². The van der Waals surface area contributed by atoms with Gasteiger partial charge in [-0.05, 0) is 12.1 Å². The van der Waals surface area contributed by atoms with Gasteiger partial charge in [0.15, 0.2) is 0 Å². The van der Waals surface area contributed by atoms with Crippen LogP contribution in [0.2, 0.25) is 10.0 Å². The second-order valence-electron chi connectivity index (χ2n) is 3.33. The van der Waals surface area contributed by atoms with Crippen molar-refractivity contribution in [2.75, 3.05) is 0 Å². The molecule has 0 unspecified atom stereocenters. The molecule has 3 nitrogen and oxygen atoms in total. The van der Waals surface area contributed by atoms with Crippen molar-refractivity contribution in [1.29, 1.82) is 0 Å². The zero-order valence-electron chi connectivity index (χ0n) is 8.48. The molecule has 2 aromatic rings. The zero-order valence-corrected chi connectivity index (χ0v) is 10.8. The van der Waals surface area contributed by atoms with Crippen molar-refractivity contribution >= 4 is 40.5 Å². The van der Waals surface area contributed by atoms with E-state index < -0.39 is 5.97 Å². The molecule has 0 atom stereocenters. The second kappa shape index (κ2) is 5.04. The van der Waals surface area contributed by atoms with Crippen LogP contribution in [0, 0.1) is 0 Å². The molecule has 0 fully saturated rings. The summed E-state index contributed by atoms with van der Waals surface area (Å²) in [6.07, 6.45) is -0.0635. The van der Waals surface area contributed by atoms with E-state index in [4.69, 9.17) is 28.3 Å². The van der Waals surface area contributed by atoms with E-state index >= 15 is 0 Å². The summed E-state index contributed by atoms with van der Waals surface area (Å²) in [5.74, 6) is -0.889. The third kappa shape index (κ3) is 2.97. The molecule has 1 heterocycles. The average Bonchev–Trinajstić information content (AvgIpc) is 2.69. The maximum absolute atomic E-state index is 10.5. The first kappa shape index (κ1) is 12.4.